The van der Waals surface area contributed by atoms with Crippen LogP contribution in [0.5, 0.6) is 0 Å². The summed E-state index contributed by atoms with van der Waals surface area (Å²) in [6.45, 7) is 5.04. The molecule has 0 unspecified atom stereocenters. The van der Waals surface area contributed by atoms with Crippen molar-refractivity contribution in [2.75, 3.05) is 13.1 Å². The fourth-order valence-corrected chi connectivity index (χ4v) is 2.24. The molecule has 1 aromatic rings. The molecule has 5 heteroatoms. The molecular formula is C13H23N3OS. The lowest BCUT2D eigenvalue weighted by molar-refractivity contribution is 0.0418. The summed E-state index contributed by atoms with van der Waals surface area (Å²) < 4.78 is 0. The normalized spacial score (nSPS) is 12.7. The first-order chi connectivity index (χ1) is 8.59. The van der Waals surface area contributed by atoms with Gasteiger partial charge in [0.2, 0.25) is 0 Å². The minimum Gasteiger partial charge on any atom is -0.388 e. The van der Waals surface area contributed by atoms with Gasteiger partial charge in [0.15, 0.2) is 5.96 Å². The second-order valence-electron chi connectivity index (χ2n) is 4.39. The average Bonchev–Trinajstić information content (AvgIpc) is 2.89. The minimum atomic E-state index is -0.722. The van der Waals surface area contributed by atoms with E-state index in [1.807, 2.05) is 19.9 Å². The Hall–Kier alpha value is -1.07. The molecule has 0 saturated heterocycles. The van der Waals surface area contributed by atoms with E-state index in [0.717, 1.165) is 13.0 Å². The second-order valence-corrected chi connectivity index (χ2v) is 5.42. The molecule has 102 valence electrons. The van der Waals surface area contributed by atoms with Crippen molar-refractivity contribution in [2.45, 2.75) is 38.7 Å². The molecule has 0 bridgehead atoms. The van der Waals surface area contributed by atoms with Gasteiger partial charge in [-0.05, 0) is 30.7 Å². The summed E-state index contributed by atoms with van der Waals surface area (Å²) in [5, 5.41) is 15.2. The van der Waals surface area contributed by atoms with Gasteiger partial charge in [-0.1, -0.05) is 19.9 Å². The number of nitrogens with zero attached hydrogens (tertiary/aromatic N) is 1. The van der Waals surface area contributed by atoms with Crippen molar-refractivity contribution in [3.05, 3.63) is 22.4 Å². The fourth-order valence-electron chi connectivity index (χ4n) is 1.53. The highest BCUT2D eigenvalue weighted by Gasteiger charge is 2.21. The summed E-state index contributed by atoms with van der Waals surface area (Å²) >= 11 is 1.74. The second kappa shape index (κ2) is 7.38. The Balaban J connectivity index is 2.29. The zero-order chi connectivity index (χ0) is 13.4. The van der Waals surface area contributed by atoms with E-state index in [1.54, 1.807) is 11.3 Å². The molecule has 4 nitrogen and oxygen atoms in total. The summed E-state index contributed by atoms with van der Waals surface area (Å²) in [4.78, 5) is 5.52. The van der Waals surface area contributed by atoms with Crippen molar-refractivity contribution in [3.63, 3.8) is 0 Å². The zero-order valence-corrected chi connectivity index (χ0v) is 12.0. The standard InChI is InChI=1S/C13H23N3OS/c1-3-13(17,4-2)10-16-12(14)15-8-7-11-6-5-9-18-11/h5-6,9,17H,3-4,7-8,10H2,1-2H3,(H3,14,15,16). The predicted octanol–water partition coefficient (Wildman–Crippen LogP) is 1.75. The largest absolute Gasteiger partial charge is 0.388 e. The van der Waals surface area contributed by atoms with Crippen LogP contribution in [-0.4, -0.2) is 29.8 Å². The zero-order valence-electron chi connectivity index (χ0n) is 11.1. The maximum Gasteiger partial charge on any atom is 0.188 e. The van der Waals surface area contributed by atoms with Crippen LogP contribution in [0.1, 0.15) is 31.6 Å². The lowest BCUT2D eigenvalue weighted by Gasteiger charge is -2.22. The van der Waals surface area contributed by atoms with E-state index < -0.39 is 5.60 Å². The van der Waals surface area contributed by atoms with E-state index in [9.17, 15) is 5.11 Å². The van der Waals surface area contributed by atoms with Crippen LogP contribution >= 0.6 is 11.3 Å². The predicted molar refractivity (Wildman–Crippen MR) is 78.0 cm³/mol. The van der Waals surface area contributed by atoms with Crippen LogP contribution in [0.4, 0.5) is 0 Å². The Morgan fingerprint density at radius 1 is 1.50 bits per heavy atom. The van der Waals surface area contributed by atoms with Gasteiger partial charge in [0.1, 0.15) is 0 Å². The van der Waals surface area contributed by atoms with Crippen LogP contribution in [0.25, 0.3) is 0 Å². The maximum absolute atomic E-state index is 10.1. The maximum atomic E-state index is 10.1. The molecule has 1 aromatic heterocycles. The molecule has 0 amide bonds. The molecule has 0 aromatic carbocycles. The van der Waals surface area contributed by atoms with Crippen LogP contribution in [0.15, 0.2) is 22.5 Å². The van der Waals surface area contributed by atoms with Crippen molar-refractivity contribution in [1.82, 2.24) is 5.32 Å². The molecule has 0 saturated carbocycles. The smallest absolute Gasteiger partial charge is 0.188 e. The van der Waals surface area contributed by atoms with Gasteiger partial charge in [0.25, 0.3) is 0 Å². The first kappa shape index (κ1) is 15.0. The quantitative estimate of drug-likeness (QED) is 0.521. The van der Waals surface area contributed by atoms with Gasteiger partial charge in [-0.25, -0.2) is 0 Å². The Kier molecular flexibility index (Phi) is 6.15. The summed E-state index contributed by atoms with van der Waals surface area (Å²) in [6, 6.07) is 4.15. The van der Waals surface area contributed by atoms with Gasteiger partial charge >= 0.3 is 0 Å². The van der Waals surface area contributed by atoms with Crippen LogP contribution in [0.3, 0.4) is 0 Å². The molecule has 0 radical (unpaired) electrons. The van der Waals surface area contributed by atoms with Crippen molar-refractivity contribution in [2.24, 2.45) is 10.7 Å². The van der Waals surface area contributed by atoms with Crippen LogP contribution in [0, 0.1) is 0 Å². The lowest BCUT2D eigenvalue weighted by Crippen LogP contribution is -2.37. The molecule has 0 spiro atoms. The monoisotopic (exact) mass is 269 g/mol. The molecule has 1 heterocycles. The molecule has 18 heavy (non-hydrogen) atoms. The molecule has 1 rings (SSSR count). The number of nitrogens with two attached hydrogens (primary N) is 1. The number of hydrogen-bond acceptors (Lipinski definition) is 3. The average molecular weight is 269 g/mol. The fraction of sp³-hybridized carbons (Fsp3) is 0.615. The molecule has 0 aliphatic rings. The molecule has 0 atom stereocenters. The van der Waals surface area contributed by atoms with Crippen LogP contribution < -0.4 is 11.1 Å². The number of nitrogens with one attached hydrogen (secondary N) is 1. The number of hydrogen-bond donors (Lipinski definition) is 3. The summed E-state index contributed by atoms with van der Waals surface area (Å²) in [7, 11) is 0. The van der Waals surface area contributed by atoms with Gasteiger partial charge in [0.05, 0.1) is 12.1 Å². The SMILES string of the molecule is CCC(O)(CC)CN=C(N)NCCc1cccs1. The summed E-state index contributed by atoms with van der Waals surface area (Å²) in [5.41, 5.74) is 5.04. The number of aliphatic imine (C=N–C) groups is 1. The van der Waals surface area contributed by atoms with Crippen LogP contribution in [0.2, 0.25) is 0 Å². The summed E-state index contributed by atoms with van der Waals surface area (Å²) in [5.74, 6) is 0.409. The topological polar surface area (TPSA) is 70.6 Å². The first-order valence-electron chi connectivity index (χ1n) is 6.38. The van der Waals surface area contributed by atoms with Crippen molar-refractivity contribution in [3.8, 4) is 0 Å². The Morgan fingerprint density at radius 3 is 2.78 bits per heavy atom. The van der Waals surface area contributed by atoms with Gasteiger partial charge in [-0.15, -0.1) is 11.3 Å². The van der Waals surface area contributed by atoms with E-state index >= 15 is 0 Å². The molecule has 0 aliphatic heterocycles. The van der Waals surface area contributed by atoms with Crippen molar-refractivity contribution < 1.29 is 5.11 Å². The Morgan fingerprint density at radius 2 is 2.22 bits per heavy atom. The highest BCUT2D eigenvalue weighted by Crippen LogP contribution is 2.14. The Bertz CT molecular complexity index is 358. The molecular weight excluding hydrogens is 246 g/mol. The van der Waals surface area contributed by atoms with Gasteiger partial charge < -0.3 is 16.2 Å². The van der Waals surface area contributed by atoms with E-state index in [2.05, 4.69) is 21.8 Å². The van der Waals surface area contributed by atoms with Crippen molar-refractivity contribution >= 4 is 17.3 Å². The number of aliphatic hydroxyl groups is 1. The van der Waals surface area contributed by atoms with E-state index in [-0.39, 0.29) is 0 Å². The minimum absolute atomic E-state index is 0.359. The number of thiophene rings is 1. The molecule has 0 aliphatic carbocycles. The third kappa shape index (κ3) is 5.06. The lowest BCUT2D eigenvalue weighted by atomic mass is 9.98. The van der Waals surface area contributed by atoms with Crippen LogP contribution in [-0.2, 0) is 6.42 Å². The number of guanidine groups is 1. The van der Waals surface area contributed by atoms with E-state index in [4.69, 9.17) is 5.73 Å². The van der Waals surface area contributed by atoms with Gasteiger partial charge in [0, 0.05) is 11.4 Å². The van der Waals surface area contributed by atoms with E-state index in [0.29, 0.717) is 25.3 Å². The molecule has 0 fully saturated rings. The highest BCUT2D eigenvalue weighted by atomic mass is 32.1. The number of rotatable bonds is 7. The summed E-state index contributed by atoms with van der Waals surface area (Å²) in [6.07, 6.45) is 2.32. The highest BCUT2D eigenvalue weighted by molar-refractivity contribution is 7.09. The van der Waals surface area contributed by atoms with Gasteiger partial charge in [-0.2, -0.15) is 0 Å². The Labute approximate surface area is 113 Å². The van der Waals surface area contributed by atoms with Gasteiger partial charge in [-0.3, -0.25) is 4.99 Å². The third-order valence-electron chi connectivity index (χ3n) is 3.12. The van der Waals surface area contributed by atoms with E-state index in [1.165, 1.54) is 4.88 Å². The van der Waals surface area contributed by atoms with Crippen molar-refractivity contribution in [1.29, 1.82) is 0 Å². The third-order valence-corrected chi connectivity index (χ3v) is 4.05. The first-order valence-corrected chi connectivity index (χ1v) is 7.26. The molecule has 4 N–H and O–H groups in total.